The van der Waals surface area contributed by atoms with Crippen LogP contribution in [0.15, 0.2) is 21.3 Å². The summed E-state index contributed by atoms with van der Waals surface area (Å²) in [6.07, 6.45) is 0. The summed E-state index contributed by atoms with van der Waals surface area (Å²) in [6.45, 7) is 2.24. The van der Waals surface area contributed by atoms with Gasteiger partial charge in [-0.3, -0.25) is 4.79 Å². The Morgan fingerprint density at radius 3 is 2.62 bits per heavy atom. The highest BCUT2D eigenvalue weighted by Crippen LogP contribution is 2.32. The van der Waals surface area contributed by atoms with Gasteiger partial charge in [0.2, 0.25) is 5.88 Å². The number of ether oxygens (including phenoxy) is 1. The predicted molar refractivity (Wildman–Crippen MR) is 85.4 cm³/mol. The number of primary amides is 1. The van der Waals surface area contributed by atoms with Gasteiger partial charge in [0, 0.05) is 11.6 Å². The van der Waals surface area contributed by atoms with Crippen LogP contribution in [0.5, 0.6) is 5.88 Å². The van der Waals surface area contributed by atoms with E-state index in [1.54, 1.807) is 12.1 Å². The van der Waals surface area contributed by atoms with E-state index in [0.717, 1.165) is 0 Å². The quantitative estimate of drug-likeness (QED) is 0.795. The number of pyridine rings is 1. The summed E-state index contributed by atoms with van der Waals surface area (Å²) in [5.41, 5.74) is 6.19. The van der Waals surface area contributed by atoms with Gasteiger partial charge >= 0.3 is 0 Å². The summed E-state index contributed by atoms with van der Waals surface area (Å²) in [5, 5.41) is 0.164. The minimum Gasteiger partial charge on any atom is -0.478 e. The van der Waals surface area contributed by atoms with Gasteiger partial charge in [-0.15, -0.1) is 0 Å². The SMILES string of the molecule is CCOc1ccc(-c2nc(Cl)c(Br)nc2Br)c(C(N)=O)n1. The molecule has 0 saturated heterocycles. The van der Waals surface area contributed by atoms with E-state index in [1.807, 2.05) is 6.92 Å². The Balaban J connectivity index is 2.63. The van der Waals surface area contributed by atoms with Crippen LogP contribution in [-0.2, 0) is 0 Å². The zero-order valence-electron chi connectivity index (χ0n) is 10.7. The van der Waals surface area contributed by atoms with Crippen molar-refractivity contribution in [1.29, 1.82) is 0 Å². The smallest absolute Gasteiger partial charge is 0.268 e. The van der Waals surface area contributed by atoms with Gasteiger partial charge in [-0.2, -0.15) is 0 Å². The van der Waals surface area contributed by atoms with Crippen LogP contribution in [0.1, 0.15) is 17.4 Å². The predicted octanol–water partition coefficient (Wildman–Crippen LogP) is 3.21. The fourth-order valence-corrected chi connectivity index (χ4v) is 2.71. The number of hydrogen-bond donors (Lipinski definition) is 1. The lowest BCUT2D eigenvalue weighted by Gasteiger charge is -2.10. The summed E-state index contributed by atoms with van der Waals surface area (Å²) in [5.74, 6) is -0.387. The molecule has 0 bridgehead atoms. The van der Waals surface area contributed by atoms with Crippen LogP contribution >= 0.6 is 43.5 Å². The van der Waals surface area contributed by atoms with E-state index in [2.05, 4.69) is 46.8 Å². The van der Waals surface area contributed by atoms with E-state index in [4.69, 9.17) is 22.1 Å². The van der Waals surface area contributed by atoms with Gasteiger partial charge in [0.15, 0.2) is 5.15 Å². The number of amides is 1. The lowest BCUT2D eigenvalue weighted by Crippen LogP contribution is -2.15. The van der Waals surface area contributed by atoms with Crippen molar-refractivity contribution >= 4 is 49.4 Å². The molecule has 1 amide bonds. The summed E-state index contributed by atoms with van der Waals surface area (Å²) in [4.78, 5) is 24.0. The standard InChI is InChI=1S/C12H9Br2ClN4O2/c1-2-21-6-4-3-5(8(17-6)12(16)20)7-9(13)19-10(14)11(15)18-7/h3-4H,2H2,1H3,(H2,16,20). The van der Waals surface area contributed by atoms with Crippen molar-refractivity contribution in [2.45, 2.75) is 6.92 Å². The third kappa shape index (κ3) is 3.50. The van der Waals surface area contributed by atoms with Crippen LogP contribution < -0.4 is 10.5 Å². The van der Waals surface area contributed by atoms with Crippen molar-refractivity contribution in [3.05, 3.63) is 32.2 Å². The Kier molecular flexibility index (Phi) is 5.13. The molecule has 6 nitrogen and oxygen atoms in total. The highest BCUT2D eigenvalue weighted by molar-refractivity contribution is 9.11. The maximum Gasteiger partial charge on any atom is 0.268 e. The molecule has 0 aliphatic carbocycles. The molecule has 0 unspecified atom stereocenters. The Morgan fingerprint density at radius 1 is 1.29 bits per heavy atom. The van der Waals surface area contributed by atoms with E-state index >= 15 is 0 Å². The molecular weight excluding hydrogens is 427 g/mol. The molecular formula is C12H9Br2ClN4O2. The van der Waals surface area contributed by atoms with E-state index < -0.39 is 5.91 Å². The molecule has 0 saturated carbocycles. The van der Waals surface area contributed by atoms with Gasteiger partial charge < -0.3 is 10.5 Å². The maximum absolute atomic E-state index is 11.6. The topological polar surface area (TPSA) is 91.0 Å². The van der Waals surface area contributed by atoms with E-state index in [0.29, 0.717) is 33.0 Å². The average Bonchev–Trinajstić information content (AvgIpc) is 2.43. The van der Waals surface area contributed by atoms with Crippen molar-refractivity contribution in [3.8, 4) is 17.1 Å². The second-order valence-electron chi connectivity index (χ2n) is 3.79. The van der Waals surface area contributed by atoms with Gasteiger partial charge in [-0.1, -0.05) is 11.6 Å². The summed E-state index contributed by atoms with van der Waals surface area (Å²) >= 11 is 12.4. The molecule has 0 radical (unpaired) electrons. The molecule has 0 aliphatic rings. The van der Waals surface area contributed by atoms with Crippen LogP contribution in [0.4, 0.5) is 0 Å². The van der Waals surface area contributed by atoms with Crippen molar-refractivity contribution in [1.82, 2.24) is 15.0 Å². The Labute approximate surface area is 142 Å². The molecule has 0 aliphatic heterocycles. The van der Waals surface area contributed by atoms with E-state index in [1.165, 1.54) is 0 Å². The van der Waals surface area contributed by atoms with Crippen LogP contribution in [0, 0.1) is 0 Å². The normalized spacial score (nSPS) is 10.5. The fraction of sp³-hybridized carbons (Fsp3) is 0.167. The molecule has 9 heteroatoms. The minimum atomic E-state index is -0.695. The highest BCUT2D eigenvalue weighted by Gasteiger charge is 2.19. The lowest BCUT2D eigenvalue weighted by molar-refractivity contribution is 0.0995. The molecule has 0 spiro atoms. The number of carbonyl (C=O) groups excluding carboxylic acids is 1. The highest BCUT2D eigenvalue weighted by atomic mass is 79.9. The molecule has 21 heavy (non-hydrogen) atoms. The lowest BCUT2D eigenvalue weighted by atomic mass is 10.1. The van der Waals surface area contributed by atoms with Gasteiger partial charge in [0.25, 0.3) is 5.91 Å². The second kappa shape index (κ2) is 6.67. The number of halogens is 3. The largest absolute Gasteiger partial charge is 0.478 e. The maximum atomic E-state index is 11.6. The Hall–Kier alpha value is -1.25. The molecule has 2 aromatic heterocycles. The first kappa shape index (κ1) is 16.1. The molecule has 2 N–H and O–H groups in total. The molecule has 0 aromatic carbocycles. The first-order chi connectivity index (χ1) is 9.93. The van der Waals surface area contributed by atoms with Crippen LogP contribution in [0.25, 0.3) is 11.3 Å². The molecule has 0 fully saturated rings. The summed E-state index contributed by atoms with van der Waals surface area (Å²) in [7, 11) is 0. The zero-order valence-corrected chi connectivity index (χ0v) is 14.7. The van der Waals surface area contributed by atoms with Gasteiger partial charge in [-0.05, 0) is 44.8 Å². The first-order valence-corrected chi connectivity index (χ1v) is 7.73. The number of rotatable bonds is 4. The van der Waals surface area contributed by atoms with Gasteiger partial charge in [-0.25, -0.2) is 15.0 Å². The van der Waals surface area contributed by atoms with Crippen molar-refractivity contribution in [2.24, 2.45) is 5.73 Å². The van der Waals surface area contributed by atoms with E-state index in [-0.39, 0.29) is 10.8 Å². The number of nitrogens with zero attached hydrogens (tertiary/aromatic N) is 3. The third-order valence-corrected chi connectivity index (χ3v) is 4.02. The number of nitrogens with two attached hydrogens (primary N) is 1. The molecule has 110 valence electrons. The van der Waals surface area contributed by atoms with Crippen molar-refractivity contribution < 1.29 is 9.53 Å². The third-order valence-electron chi connectivity index (χ3n) is 2.42. The number of carbonyl (C=O) groups is 1. The van der Waals surface area contributed by atoms with E-state index in [9.17, 15) is 4.79 Å². The van der Waals surface area contributed by atoms with Gasteiger partial charge in [0.1, 0.15) is 20.6 Å². The molecule has 2 rings (SSSR count). The zero-order chi connectivity index (χ0) is 15.6. The first-order valence-electron chi connectivity index (χ1n) is 5.76. The fourth-order valence-electron chi connectivity index (χ4n) is 1.60. The van der Waals surface area contributed by atoms with Crippen molar-refractivity contribution in [3.63, 3.8) is 0 Å². The minimum absolute atomic E-state index is 0.0364. The molecule has 2 heterocycles. The second-order valence-corrected chi connectivity index (χ2v) is 5.65. The monoisotopic (exact) mass is 434 g/mol. The van der Waals surface area contributed by atoms with Gasteiger partial charge in [0.05, 0.1) is 6.61 Å². The van der Waals surface area contributed by atoms with Crippen LogP contribution in [0.3, 0.4) is 0 Å². The summed E-state index contributed by atoms with van der Waals surface area (Å²) in [6, 6.07) is 3.26. The summed E-state index contributed by atoms with van der Waals surface area (Å²) < 4.78 is 6.06. The van der Waals surface area contributed by atoms with Crippen LogP contribution in [0.2, 0.25) is 5.15 Å². The Bertz CT molecular complexity index is 712. The molecule has 2 aromatic rings. The average molecular weight is 436 g/mol. The van der Waals surface area contributed by atoms with Crippen molar-refractivity contribution in [2.75, 3.05) is 6.61 Å². The number of aromatic nitrogens is 3. The molecule has 0 atom stereocenters. The van der Waals surface area contributed by atoms with Crippen LogP contribution in [-0.4, -0.2) is 27.5 Å². The number of hydrogen-bond acceptors (Lipinski definition) is 5. The Morgan fingerprint density at radius 2 is 2.00 bits per heavy atom.